The zero-order chi connectivity index (χ0) is 7.97. The number of nitrogens with one attached hydrogen (secondary N) is 1. The van der Waals surface area contributed by atoms with E-state index < -0.39 is 0 Å². The van der Waals surface area contributed by atoms with Crippen LogP contribution in [0.15, 0.2) is 0 Å². The van der Waals surface area contributed by atoms with Crippen molar-refractivity contribution in [3.8, 4) is 0 Å². The number of hydrogen-bond donors (Lipinski definition) is 1. The van der Waals surface area contributed by atoms with Crippen LogP contribution in [0, 0.1) is 11.8 Å². The fourth-order valence-corrected chi connectivity index (χ4v) is 3.22. The predicted molar refractivity (Wildman–Crippen MR) is 50.0 cm³/mol. The van der Waals surface area contributed by atoms with Crippen molar-refractivity contribution < 1.29 is 0 Å². The molecule has 1 aliphatic heterocycles. The van der Waals surface area contributed by atoms with Gasteiger partial charge in [0.15, 0.2) is 0 Å². The fraction of sp³-hybridized carbons (Fsp3) is 1.00. The van der Waals surface area contributed by atoms with Gasteiger partial charge in [-0.15, -0.1) is 0 Å². The van der Waals surface area contributed by atoms with Gasteiger partial charge in [0.1, 0.15) is 0 Å². The Kier molecular flexibility index (Phi) is 1.68. The molecule has 0 radical (unpaired) electrons. The van der Waals surface area contributed by atoms with Crippen LogP contribution in [0.4, 0.5) is 0 Å². The molecule has 2 aliphatic carbocycles. The van der Waals surface area contributed by atoms with Crippen molar-refractivity contribution in [3.05, 3.63) is 0 Å². The highest BCUT2D eigenvalue weighted by Gasteiger charge is 2.39. The molecule has 2 saturated carbocycles. The Morgan fingerprint density at radius 3 is 2.17 bits per heavy atom. The highest BCUT2D eigenvalue weighted by molar-refractivity contribution is 4.96. The summed E-state index contributed by atoms with van der Waals surface area (Å²) in [5.41, 5.74) is 0. The van der Waals surface area contributed by atoms with E-state index in [2.05, 4.69) is 5.32 Å². The molecule has 1 saturated heterocycles. The fourth-order valence-electron chi connectivity index (χ4n) is 3.22. The average molecular weight is 165 g/mol. The van der Waals surface area contributed by atoms with Crippen LogP contribution in [-0.4, -0.2) is 12.1 Å². The van der Waals surface area contributed by atoms with Crippen LogP contribution in [0.3, 0.4) is 0 Å². The third-order valence-corrected chi connectivity index (χ3v) is 4.13. The second-order valence-electron chi connectivity index (χ2n) is 4.99. The van der Waals surface area contributed by atoms with Gasteiger partial charge in [-0.3, -0.25) is 0 Å². The summed E-state index contributed by atoms with van der Waals surface area (Å²) in [6.45, 7) is 0. The van der Waals surface area contributed by atoms with Crippen molar-refractivity contribution >= 4 is 0 Å². The van der Waals surface area contributed by atoms with E-state index in [-0.39, 0.29) is 0 Å². The SMILES string of the molecule is C1CC2CCC(C3CC3)NC2C1. The number of hydrogen-bond acceptors (Lipinski definition) is 1. The molecule has 3 atom stereocenters. The van der Waals surface area contributed by atoms with E-state index in [9.17, 15) is 0 Å². The van der Waals surface area contributed by atoms with E-state index in [0.717, 1.165) is 23.9 Å². The Balaban J connectivity index is 1.64. The van der Waals surface area contributed by atoms with Crippen molar-refractivity contribution in [2.75, 3.05) is 0 Å². The maximum atomic E-state index is 3.88. The van der Waals surface area contributed by atoms with Crippen molar-refractivity contribution in [2.24, 2.45) is 11.8 Å². The lowest BCUT2D eigenvalue weighted by Crippen LogP contribution is -2.46. The van der Waals surface area contributed by atoms with Crippen molar-refractivity contribution in [3.63, 3.8) is 0 Å². The number of piperidine rings is 1. The summed E-state index contributed by atoms with van der Waals surface area (Å²) in [6.07, 6.45) is 10.5. The number of rotatable bonds is 1. The first-order valence-electron chi connectivity index (χ1n) is 5.69. The van der Waals surface area contributed by atoms with Gasteiger partial charge in [-0.25, -0.2) is 0 Å². The van der Waals surface area contributed by atoms with Gasteiger partial charge in [-0.1, -0.05) is 6.42 Å². The molecule has 0 aromatic rings. The zero-order valence-corrected chi connectivity index (χ0v) is 7.76. The van der Waals surface area contributed by atoms with Gasteiger partial charge < -0.3 is 5.32 Å². The standard InChI is InChI=1S/C11H19N/c1-2-8-6-7-11(9-4-5-9)12-10(8)3-1/h8-12H,1-7H2. The molecule has 1 heterocycles. The van der Waals surface area contributed by atoms with Crippen molar-refractivity contribution in [2.45, 2.75) is 57.0 Å². The molecule has 3 rings (SSSR count). The normalized spacial score (nSPS) is 47.5. The van der Waals surface area contributed by atoms with E-state index >= 15 is 0 Å². The Hall–Kier alpha value is -0.0400. The van der Waals surface area contributed by atoms with Crippen LogP contribution in [0.1, 0.15) is 44.9 Å². The van der Waals surface area contributed by atoms with Crippen molar-refractivity contribution in [1.82, 2.24) is 5.32 Å². The van der Waals surface area contributed by atoms with Gasteiger partial charge in [0, 0.05) is 12.1 Å². The van der Waals surface area contributed by atoms with Crippen LogP contribution in [0.2, 0.25) is 0 Å². The third-order valence-electron chi connectivity index (χ3n) is 4.13. The van der Waals surface area contributed by atoms with E-state index in [4.69, 9.17) is 0 Å². The highest BCUT2D eigenvalue weighted by Crippen LogP contribution is 2.41. The van der Waals surface area contributed by atoms with Crippen LogP contribution in [0.25, 0.3) is 0 Å². The van der Waals surface area contributed by atoms with Gasteiger partial charge >= 0.3 is 0 Å². The van der Waals surface area contributed by atoms with Gasteiger partial charge in [0.2, 0.25) is 0 Å². The predicted octanol–water partition coefficient (Wildman–Crippen LogP) is 2.32. The lowest BCUT2D eigenvalue weighted by Gasteiger charge is -2.33. The first-order valence-corrected chi connectivity index (χ1v) is 5.69. The van der Waals surface area contributed by atoms with Crippen LogP contribution >= 0.6 is 0 Å². The third kappa shape index (κ3) is 1.19. The molecule has 12 heavy (non-hydrogen) atoms. The molecule has 0 aromatic carbocycles. The molecule has 0 bridgehead atoms. The summed E-state index contributed by atoms with van der Waals surface area (Å²) >= 11 is 0. The first kappa shape index (κ1) is 7.37. The van der Waals surface area contributed by atoms with Gasteiger partial charge in [-0.05, 0) is 50.4 Å². The quantitative estimate of drug-likeness (QED) is 0.628. The Bertz CT molecular complexity index is 174. The summed E-state index contributed by atoms with van der Waals surface area (Å²) in [5.74, 6) is 2.13. The summed E-state index contributed by atoms with van der Waals surface area (Å²) in [4.78, 5) is 0. The minimum atomic E-state index is 0.921. The molecule has 3 aliphatic rings. The van der Waals surface area contributed by atoms with Crippen LogP contribution in [-0.2, 0) is 0 Å². The maximum absolute atomic E-state index is 3.88. The molecular formula is C11H19N. The minimum absolute atomic E-state index is 0.921. The molecule has 3 unspecified atom stereocenters. The molecule has 1 nitrogen and oxygen atoms in total. The zero-order valence-electron chi connectivity index (χ0n) is 7.76. The molecular weight excluding hydrogens is 146 g/mol. The van der Waals surface area contributed by atoms with Gasteiger partial charge in [0.05, 0.1) is 0 Å². The Morgan fingerprint density at radius 1 is 0.667 bits per heavy atom. The molecule has 0 aromatic heterocycles. The van der Waals surface area contributed by atoms with Gasteiger partial charge in [-0.2, -0.15) is 0 Å². The smallest absolute Gasteiger partial charge is 0.00981 e. The monoisotopic (exact) mass is 165 g/mol. The summed E-state index contributed by atoms with van der Waals surface area (Å²) in [7, 11) is 0. The van der Waals surface area contributed by atoms with Crippen LogP contribution in [0.5, 0.6) is 0 Å². The van der Waals surface area contributed by atoms with E-state index in [1.54, 1.807) is 0 Å². The molecule has 68 valence electrons. The van der Waals surface area contributed by atoms with E-state index in [0.29, 0.717) is 0 Å². The van der Waals surface area contributed by atoms with Gasteiger partial charge in [0.25, 0.3) is 0 Å². The largest absolute Gasteiger partial charge is 0.311 e. The molecule has 0 amide bonds. The lowest BCUT2D eigenvalue weighted by molar-refractivity contribution is 0.242. The Labute approximate surface area is 74.9 Å². The molecule has 3 fully saturated rings. The summed E-state index contributed by atoms with van der Waals surface area (Å²) in [5, 5.41) is 3.88. The summed E-state index contributed by atoms with van der Waals surface area (Å²) < 4.78 is 0. The van der Waals surface area contributed by atoms with Crippen molar-refractivity contribution in [1.29, 1.82) is 0 Å². The highest BCUT2D eigenvalue weighted by atomic mass is 15.0. The molecule has 0 spiro atoms. The lowest BCUT2D eigenvalue weighted by atomic mass is 9.88. The van der Waals surface area contributed by atoms with E-state index in [1.165, 1.54) is 44.9 Å². The second kappa shape index (κ2) is 2.73. The second-order valence-corrected chi connectivity index (χ2v) is 4.99. The maximum Gasteiger partial charge on any atom is 0.00981 e. The topological polar surface area (TPSA) is 12.0 Å². The first-order chi connectivity index (χ1) is 5.93. The average Bonchev–Trinajstić information content (AvgIpc) is 2.84. The molecule has 1 N–H and O–H groups in total. The minimum Gasteiger partial charge on any atom is -0.311 e. The number of fused-ring (bicyclic) bond motifs is 1. The van der Waals surface area contributed by atoms with E-state index in [1.807, 2.05) is 0 Å². The Morgan fingerprint density at radius 2 is 1.33 bits per heavy atom. The van der Waals surface area contributed by atoms with Crippen LogP contribution < -0.4 is 5.32 Å². The molecule has 1 heteroatoms. The summed E-state index contributed by atoms with van der Waals surface area (Å²) in [6, 6.07) is 1.84.